The fraction of sp³-hybridized carbons (Fsp3) is 0.500. The summed E-state index contributed by atoms with van der Waals surface area (Å²) in [4.78, 5) is 22.2. The smallest absolute Gasteiger partial charge is 0.371 e. The zero-order valence-corrected chi connectivity index (χ0v) is 10.0. The first-order valence-corrected chi connectivity index (χ1v) is 5.68. The molecule has 1 amide bonds. The predicted octanol–water partition coefficient (Wildman–Crippen LogP) is 2.29. The van der Waals surface area contributed by atoms with E-state index in [0.29, 0.717) is 0 Å². The summed E-state index contributed by atoms with van der Waals surface area (Å²) in [5, 5.41) is 11.4. The highest BCUT2D eigenvalue weighted by molar-refractivity contribution is 5.93. The number of furan rings is 1. The second-order valence-electron chi connectivity index (χ2n) is 3.99. The number of rotatable bonds is 6. The van der Waals surface area contributed by atoms with Gasteiger partial charge in [0.15, 0.2) is 5.76 Å². The molecule has 94 valence electrons. The Morgan fingerprint density at radius 1 is 1.41 bits per heavy atom. The van der Waals surface area contributed by atoms with Gasteiger partial charge < -0.3 is 14.8 Å². The van der Waals surface area contributed by atoms with E-state index in [0.717, 1.165) is 19.3 Å². The first kappa shape index (κ1) is 13.3. The largest absolute Gasteiger partial charge is 0.475 e. The van der Waals surface area contributed by atoms with Gasteiger partial charge in [-0.1, -0.05) is 19.8 Å². The van der Waals surface area contributed by atoms with Gasteiger partial charge in [0.2, 0.25) is 5.76 Å². The van der Waals surface area contributed by atoms with E-state index in [1.54, 1.807) is 0 Å². The topological polar surface area (TPSA) is 79.5 Å². The molecule has 17 heavy (non-hydrogen) atoms. The number of carbonyl (C=O) groups excluding carboxylic acids is 1. The van der Waals surface area contributed by atoms with Crippen molar-refractivity contribution in [2.75, 3.05) is 0 Å². The van der Waals surface area contributed by atoms with Crippen molar-refractivity contribution in [3.8, 4) is 0 Å². The van der Waals surface area contributed by atoms with Crippen molar-refractivity contribution >= 4 is 11.9 Å². The molecule has 0 saturated heterocycles. The van der Waals surface area contributed by atoms with Crippen molar-refractivity contribution in [1.82, 2.24) is 5.32 Å². The maximum absolute atomic E-state index is 11.7. The van der Waals surface area contributed by atoms with Gasteiger partial charge in [-0.25, -0.2) is 4.79 Å². The molecule has 0 aliphatic rings. The average Bonchev–Trinajstić information content (AvgIpc) is 2.75. The molecule has 1 aromatic rings. The molecule has 5 heteroatoms. The van der Waals surface area contributed by atoms with Crippen LogP contribution < -0.4 is 5.32 Å². The third-order valence-electron chi connectivity index (χ3n) is 2.41. The summed E-state index contributed by atoms with van der Waals surface area (Å²) in [6.07, 6.45) is 3.01. The Labute approximate surface area is 99.8 Å². The molecule has 0 aromatic carbocycles. The van der Waals surface area contributed by atoms with Crippen molar-refractivity contribution in [2.24, 2.45) is 0 Å². The Kier molecular flexibility index (Phi) is 4.75. The molecule has 0 radical (unpaired) electrons. The minimum atomic E-state index is -1.18. The van der Waals surface area contributed by atoms with Crippen LogP contribution in [0.15, 0.2) is 16.5 Å². The quantitative estimate of drug-likeness (QED) is 0.798. The van der Waals surface area contributed by atoms with E-state index in [1.165, 1.54) is 12.1 Å². The van der Waals surface area contributed by atoms with E-state index in [-0.39, 0.29) is 23.5 Å². The molecular formula is C12H17NO4. The van der Waals surface area contributed by atoms with Crippen molar-refractivity contribution in [3.05, 3.63) is 23.7 Å². The van der Waals surface area contributed by atoms with E-state index in [1.807, 2.05) is 6.92 Å². The van der Waals surface area contributed by atoms with E-state index >= 15 is 0 Å². The lowest BCUT2D eigenvalue weighted by Crippen LogP contribution is -2.32. The maximum atomic E-state index is 11.7. The lowest BCUT2D eigenvalue weighted by molar-refractivity contribution is 0.0659. The van der Waals surface area contributed by atoms with Gasteiger partial charge in [-0.05, 0) is 25.5 Å². The van der Waals surface area contributed by atoms with Gasteiger partial charge in [0.05, 0.1) is 0 Å². The number of hydrogen-bond donors (Lipinski definition) is 2. The Balaban J connectivity index is 2.54. The van der Waals surface area contributed by atoms with E-state index in [2.05, 4.69) is 12.2 Å². The molecule has 1 atom stereocenters. The summed E-state index contributed by atoms with van der Waals surface area (Å²) in [7, 11) is 0. The number of amides is 1. The average molecular weight is 239 g/mol. The fourth-order valence-corrected chi connectivity index (χ4v) is 1.45. The summed E-state index contributed by atoms with van der Waals surface area (Å²) >= 11 is 0. The van der Waals surface area contributed by atoms with Gasteiger partial charge in [-0.15, -0.1) is 0 Å². The summed E-state index contributed by atoms with van der Waals surface area (Å²) in [5.74, 6) is -1.74. The second-order valence-corrected chi connectivity index (χ2v) is 3.99. The molecule has 1 rings (SSSR count). The highest BCUT2D eigenvalue weighted by Crippen LogP contribution is 2.08. The number of aromatic carboxylic acids is 1. The first-order chi connectivity index (χ1) is 8.04. The van der Waals surface area contributed by atoms with Gasteiger partial charge >= 0.3 is 5.97 Å². The normalized spacial score (nSPS) is 12.1. The third-order valence-corrected chi connectivity index (χ3v) is 2.41. The van der Waals surface area contributed by atoms with Crippen LogP contribution in [0.3, 0.4) is 0 Å². The second kappa shape index (κ2) is 6.08. The summed E-state index contributed by atoms with van der Waals surface area (Å²) in [6, 6.07) is 2.69. The van der Waals surface area contributed by atoms with Crippen molar-refractivity contribution in [2.45, 2.75) is 39.2 Å². The standard InChI is InChI=1S/C12H17NO4/c1-3-4-5-8(2)13-11(14)9-6-7-10(17-9)12(15)16/h6-8H,3-5H2,1-2H3,(H,13,14)(H,15,16). The number of nitrogens with one attached hydrogen (secondary N) is 1. The highest BCUT2D eigenvalue weighted by atomic mass is 16.4. The molecule has 2 N–H and O–H groups in total. The Morgan fingerprint density at radius 3 is 2.59 bits per heavy atom. The van der Waals surface area contributed by atoms with Gasteiger partial charge in [0, 0.05) is 6.04 Å². The molecule has 0 bridgehead atoms. The number of hydrogen-bond acceptors (Lipinski definition) is 3. The van der Waals surface area contributed by atoms with Crippen LogP contribution in [0.2, 0.25) is 0 Å². The van der Waals surface area contributed by atoms with Crippen LogP contribution in [-0.2, 0) is 0 Å². The molecule has 1 aromatic heterocycles. The number of carboxylic acid groups (broad SMARTS) is 1. The van der Waals surface area contributed by atoms with Crippen LogP contribution in [0.25, 0.3) is 0 Å². The molecule has 0 saturated carbocycles. The zero-order valence-electron chi connectivity index (χ0n) is 10.0. The molecule has 0 aliphatic heterocycles. The number of unbranched alkanes of at least 4 members (excludes halogenated alkanes) is 1. The Bertz CT molecular complexity index is 397. The maximum Gasteiger partial charge on any atom is 0.371 e. The molecule has 0 spiro atoms. The van der Waals surface area contributed by atoms with Crippen LogP contribution in [0.4, 0.5) is 0 Å². The van der Waals surface area contributed by atoms with E-state index in [9.17, 15) is 9.59 Å². The van der Waals surface area contributed by atoms with Crippen molar-refractivity contribution in [1.29, 1.82) is 0 Å². The van der Waals surface area contributed by atoms with Gasteiger partial charge in [0.1, 0.15) is 0 Å². The lowest BCUT2D eigenvalue weighted by atomic mass is 10.1. The van der Waals surface area contributed by atoms with Crippen LogP contribution >= 0.6 is 0 Å². The Morgan fingerprint density at radius 2 is 2.06 bits per heavy atom. The fourth-order valence-electron chi connectivity index (χ4n) is 1.45. The minimum absolute atomic E-state index is 0.0331. The van der Waals surface area contributed by atoms with E-state index in [4.69, 9.17) is 9.52 Å². The van der Waals surface area contributed by atoms with Crippen LogP contribution in [0.1, 0.15) is 54.2 Å². The SMILES string of the molecule is CCCCC(C)NC(=O)c1ccc(C(=O)O)o1. The van der Waals surface area contributed by atoms with Crippen LogP contribution in [0, 0.1) is 0 Å². The summed E-state index contributed by atoms with van der Waals surface area (Å²) < 4.78 is 4.90. The summed E-state index contributed by atoms with van der Waals surface area (Å²) in [6.45, 7) is 3.99. The lowest BCUT2D eigenvalue weighted by Gasteiger charge is -2.11. The zero-order chi connectivity index (χ0) is 12.8. The van der Waals surface area contributed by atoms with E-state index < -0.39 is 5.97 Å². The molecule has 1 heterocycles. The molecule has 1 unspecified atom stereocenters. The molecule has 5 nitrogen and oxygen atoms in total. The highest BCUT2D eigenvalue weighted by Gasteiger charge is 2.16. The Hall–Kier alpha value is -1.78. The molecular weight excluding hydrogens is 222 g/mol. The summed E-state index contributed by atoms with van der Waals surface area (Å²) in [5.41, 5.74) is 0. The first-order valence-electron chi connectivity index (χ1n) is 5.68. The van der Waals surface area contributed by atoms with Crippen molar-refractivity contribution in [3.63, 3.8) is 0 Å². The number of carboxylic acids is 1. The predicted molar refractivity (Wildman–Crippen MR) is 62.1 cm³/mol. The van der Waals surface area contributed by atoms with Crippen molar-refractivity contribution < 1.29 is 19.1 Å². The van der Waals surface area contributed by atoms with Crippen LogP contribution in [-0.4, -0.2) is 23.0 Å². The van der Waals surface area contributed by atoms with Crippen LogP contribution in [0.5, 0.6) is 0 Å². The molecule has 0 fully saturated rings. The monoisotopic (exact) mass is 239 g/mol. The number of carbonyl (C=O) groups is 2. The third kappa shape index (κ3) is 3.94. The van der Waals surface area contributed by atoms with Gasteiger partial charge in [-0.2, -0.15) is 0 Å². The molecule has 0 aliphatic carbocycles. The van der Waals surface area contributed by atoms with Gasteiger partial charge in [-0.3, -0.25) is 4.79 Å². The minimum Gasteiger partial charge on any atom is -0.475 e. The van der Waals surface area contributed by atoms with Gasteiger partial charge in [0.25, 0.3) is 5.91 Å².